The van der Waals surface area contributed by atoms with E-state index in [1.165, 1.54) is 12.1 Å². The minimum absolute atomic E-state index is 0.134. The summed E-state index contributed by atoms with van der Waals surface area (Å²) < 4.78 is 46.7. The first-order chi connectivity index (χ1) is 13.1. The van der Waals surface area contributed by atoms with Gasteiger partial charge in [-0.05, 0) is 42.8 Å². The fourth-order valence-electron chi connectivity index (χ4n) is 2.69. The zero-order valence-corrected chi connectivity index (χ0v) is 16.1. The van der Waals surface area contributed by atoms with Gasteiger partial charge in [-0.1, -0.05) is 28.1 Å². The Labute approximate surface area is 166 Å². The summed E-state index contributed by atoms with van der Waals surface area (Å²) in [5, 5.41) is 13.5. The van der Waals surface area contributed by atoms with Gasteiger partial charge in [-0.15, -0.1) is 13.2 Å². The number of alkyl halides is 3. The number of ether oxygens (including phenoxy) is 1. The van der Waals surface area contributed by atoms with Crippen molar-refractivity contribution in [2.75, 3.05) is 6.54 Å². The molecule has 1 atom stereocenters. The third-order valence-electron chi connectivity index (χ3n) is 4.06. The highest BCUT2D eigenvalue weighted by atomic mass is 79.9. The molecule has 0 aliphatic carbocycles. The van der Waals surface area contributed by atoms with Crippen molar-refractivity contribution in [3.8, 4) is 5.75 Å². The van der Waals surface area contributed by atoms with Crippen molar-refractivity contribution >= 4 is 32.8 Å². The van der Waals surface area contributed by atoms with Crippen molar-refractivity contribution in [2.45, 2.75) is 19.4 Å². The average molecular weight is 458 g/mol. The van der Waals surface area contributed by atoms with Crippen LogP contribution in [0.5, 0.6) is 5.75 Å². The van der Waals surface area contributed by atoms with E-state index in [9.17, 15) is 23.1 Å². The van der Waals surface area contributed by atoms with E-state index in [1.807, 2.05) is 6.07 Å². The molecule has 0 saturated carbocycles. The minimum atomic E-state index is -4.78. The maximum Gasteiger partial charge on any atom is 0.573 e. The van der Waals surface area contributed by atoms with Crippen LogP contribution in [0.25, 0.3) is 11.0 Å². The van der Waals surface area contributed by atoms with Gasteiger partial charge in [-0.2, -0.15) is 0 Å². The monoisotopic (exact) mass is 457 g/mol. The van der Waals surface area contributed by atoms with Gasteiger partial charge < -0.3 is 19.6 Å². The number of halogens is 4. The summed E-state index contributed by atoms with van der Waals surface area (Å²) >= 11 is 3.36. The molecule has 5 nitrogen and oxygen atoms in total. The standard InChI is InChI=1S/C19H15BrF3NO4/c1-10-14-8-12(20)4-7-16(14)27-17(10)18(26)24-9-15(25)11-2-5-13(6-3-11)28-19(21,22)23/h2-8,15,25H,9H2,1H3,(H,24,26). The van der Waals surface area contributed by atoms with Crippen molar-refractivity contribution in [3.63, 3.8) is 0 Å². The molecule has 1 aromatic heterocycles. The van der Waals surface area contributed by atoms with Crippen LogP contribution in [0.4, 0.5) is 13.2 Å². The van der Waals surface area contributed by atoms with Crippen molar-refractivity contribution in [2.24, 2.45) is 0 Å². The summed E-state index contributed by atoms with van der Waals surface area (Å²) in [7, 11) is 0. The highest BCUT2D eigenvalue weighted by Crippen LogP contribution is 2.28. The number of carbonyl (C=O) groups excluding carboxylic acids is 1. The summed E-state index contributed by atoms with van der Waals surface area (Å²) in [6, 6.07) is 10.1. The molecule has 0 fully saturated rings. The Bertz CT molecular complexity index is 999. The van der Waals surface area contributed by atoms with Gasteiger partial charge in [0.15, 0.2) is 5.76 Å². The van der Waals surface area contributed by atoms with Crippen LogP contribution in [-0.2, 0) is 0 Å². The van der Waals surface area contributed by atoms with Crippen LogP contribution < -0.4 is 10.1 Å². The molecule has 0 bridgehead atoms. The third-order valence-corrected chi connectivity index (χ3v) is 4.55. The number of aliphatic hydroxyl groups excluding tert-OH is 1. The van der Waals surface area contributed by atoms with E-state index in [1.54, 1.807) is 19.1 Å². The van der Waals surface area contributed by atoms with Crippen molar-refractivity contribution < 1.29 is 32.2 Å². The summed E-state index contributed by atoms with van der Waals surface area (Å²) in [6.45, 7) is 1.61. The zero-order chi connectivity index (χ0) is 20.5. The number of nitrogens with one attached hydrogen (secondary N) is 1. The second kappa shape index (κ2) is 7.84. The Hall–Kier alpha value is -2.52. The molecular formula is C19H15BrF3NO4. The van der Waals surface area contributed by atoms with E-state index >= 15 is 0 Å². The van der Waals surface area contributed by atoms with Gasteiger partial charge in [0, 0.05) is 22.0 Å². The van der Waals surface area contributed by atoms with Crippen molar-refractivity contribution in [1.29, 1.82) is 0 Å². The van der Waals surface area contributed by atoms with Crippen LogP contribution in [0.15, 0.2) is 51.4 Å². The van der Waals surface area contributed by atoms with Crippen LogP contribution in [-0.4, -0.2) is 23.9 Å². The molecule has 3 rings (SSSR count). The Balaban J connectivity index is 1.65. The van der Waals surface area contributed by atoms with Gasteiger partial charge in [0.1, 0.15) is 11.3 Å². The second-order valence-corrected chi connectivity index (χ2v) is 6.96. The Kier molecular flexibility index (Phi) is 5.66. The molecule has 148 valence electrons. The lowest BCUT2D eigenvalue weighted by Crippen LogP contribution is -2.28. The number of benzene rings is 2. The van der Waals surface area contributed by atoms with Gasteiger partial charge in [0.25, 0.3) is 5.91 Å². The fourth-order valence-corrected chi connectivity index (χ4v) is 3.05. The van der Waals surface area contributed by atoms with E-state index in [0.29, 0.717) is 16.7 Å². The molecule has 1 unspecified atom stereocenters. The van der Waals surface area contributed by atoms with E-state index < -0.39 is 24.1 Å². The number of amides is 1. The number of carbonyl (C=O) groups is 1. The highest BCUT2D eigenvalue weighted by Gasteiger charge is 2.31. The lowest BCUT2D eigenvalue weighted by atomic mass is 10.1. The van der Waals surface area contributed by atoms with Crippen molar-refractivity contribution in [3.05, 3.63) is 63.8 Å². The van der Waals surface area contributed by atoms with E-state index in [4.69, 9.17) is 4.42 Å². The summed E-state index contributed by atoms with van der Waals surface area (Å²) in [5.41, 5.74) is 1.56. The summed E-state index contributed by atoms with van der Waals surface area (Å²) in [4.78, 5) is 12.4. The lowest BCUT2D eigenvalue weighted by Gasteiger charge is -2.13. The number of fused-ring (bicyclic) bond motifs is 1. The number of hydrogen-bond acceptors (Lipinski definition) is 4. The molecule has 0 aliphatic rings. The van der Waals surface area contributed by atoms with Gasteiger partial charge >= 0.3 is 6.36 Å². The SMILES string of the molecule is Cc1c(C(=O)NCC(O)c2ccc(OC(F)(F)F)cc2)oc2ccc(Br)cc12. The van der Waals surface area contributed by atoms with E-state index in [0.717, 1.165) is 22.0 Å². The minimum Gasteiger partial charge on any atom is -0.451 e. The van der Waals surface area contributed by atoms with Crippen LogP contribution in [0.2, 0.25) is 0 Å². The van der Waals surface area contributed by atoms with Crippen molar-refractivity contribution in [1.82, 2.24) is 5.32 Å². The highest BCUT2D eigenvalue weighted by molar-refractivity contribution is 9.10. The molecule has 2 N–H and O–H groups in total. The predicted octanol–water partition coefficient (Wildman–Crippen LogP) is 4.87. The third kappa shape index (κ3) is 4.66. The zero-order valence-electron chi connectivity index (χ0n) is 14.5. The Morgan fingerprint density at radius 3 is 2.57 bits per heavy atom. The first-order valence-electron chi connectivity index (χ1n) is 8.14. The maximum atomic E-state index is 12.4. The van der Waals surface area contributed by atoms with E-state index in [-0.39, 0.29) is 12.3 Å². The van der Waals surface area contributed by atoms with E-state index in [2.05, 4.69) is 26.0 Å². The molecule has 1 heterocycles. The molecule has 0 spiro atoms. The fraction of sp³-hybridized carbons (Fsp3) is 0.211. The maximum absolute atomic E-state index is 12.4. The Morgan fingerprint density at radius 1 is 1.25 bits per heavy atom. The normalized spacial score (nSPS) is 12.8. The van der Waals surface area contributed by atoms with Gasteiger partial charge in [-0.3, -0.25) is 4.79 Å². The predicted molar refractivity (Wildman–Crippen MR) is 99.1 cm³/mol. The molecule has 28 heavy (non-hydrogen) atoms. The van der Waals surface area contributed by atoms with Crippen LogP contribution in [0.1, 0.15) is 27.8 Å². The van der Waals surface area contributed by atoms with Crippen LogP contribution in [0.3, 0.4) is 0 Å². The quantitative estimate of drug-likeness (QED) is 0.573. The summed E-state index contributed by atoms with van der Waals surface area (Å²) in [6.07, 6.45) is -5.89. The molecule has 0 saturated heterocycles. The number of furan rings is 1. The van der Waals surface area contributed by atoms with Crippen LogP contribution in [0, 0.1) is 6.92 Å². The topological polar surface area (TPSA) is 71.7 Å². The van der Waals surface area contributed by atoms with Crippen LogP contribution >= 0.6 is 15.9 Å². The number of rotatable bonds is 5. The lowest BCUT2D eigenvalue weighted by molar-refractivity contribution is -0.274. The average Bonchev–Trinajstić information content (AvgIpc) is 2.95. The molecular weight excluding hydrogens is 443 g/mol. The second-order valence-electron chi connectivity index (χ2n) is 6.04. The van der Waals surface area contributed by atoms with Gasteiger partial charge in [-0.25, -0.2) is 0 Å². The number of aliphatic hydroxyl groups is 1. The van der Waals surface area contributed by atoms with Gasteiger partial charge in [0.05, 0.1) is 6.10 Å². The molecule has 3 aromatic rings. The number of aryl methyl sites for hydroxylation is 1. The molecule has 2 aromatic carbocycles. The molecule has 9 heteroatoms. The molecule has 1 amide bonds. The summed E-state index contributed by atoms with van der Waals surface area (Å²) in [5.74, 6) is -0.758. The largest absolute Gasteiger partial charge is 0.573 e. The molecule has 0 aliphatic heterocycles. The molecule has 0 radical (unpaired) electrons. The van der Waals surface area contributed by atoms with Gasteiger partial charge in [0.2, 0.25) is 0 Å². The smallest absolute Gasteiger partial charge is 0.451 e. The Morgan fingerprint density at radius 2 is 1.93 bits per heavy atom. The first-order valence-corrected chi connectivity index (χ1v) is 8.94. The number of hydrogen-bond donors (Lipinski definition) is 2. The first kappa shape index (κ1) is 20.2.